The molecule has 110 valence electrons. The molecule has 0 radical (unpaired) electrons. The fourth-order valence-corrected chi connectivity index (χ4v) is 3.11. The summed E-state index contributed by atoms with van der Waals surface area (Å²) < 4.78 is 5.78. The van der Waals surface area contributed by atoms with Gasteiger partial charge in [0.15, 0.2) is 0 Å². The topological polar surface area (TPSA) is 63.2 Å². The fraction of sp³-hybridized carbons (Fsp3) is 0.538. The number of carbonyl (C=O) groups is 1. The number of ether oxygens (including phenoxy) is 1. The Labute approximate surface area is 132 Å². The van der Waals surface area contributed by atoms with E-state index < -0.39 is 0 Å². The number of piperidine rings is 1. The molecule has 7 heteroatoms. The molecule has 1 saturated heterocycles. The first-order valence-electron chi connectivity index (χ1n) is 6.29. The summed E-state index contributed by atoms with van der Waals surface area (Å²) in [5.41, 5.74) is 0.324. The number of rotatable bonds is 3. The smallest absolute Gasteiger partial charge is 0.242 e. The zero-order valence-corrected chi connectivity index (χ0v) is 13.7. The molecule has 2 fully saturated rings. The molecule has 1 aliphatic heterocycles. The minimum atomic E-state index is -0.115. The molecule has 1 amide bonds. The van der Waals surface area contributed by atoms with Gasteiger partial charge in [0.2, 0.25) is 5.91 Å². The molecule has 0 spiro atoms. The number of halogens is 2. The molecule has 1 saturated carbocycles. The lowest BCUT2D eigenvalue weighted by Crippen LogP contribution is -2.38. The van der Waals surface area contributed by atoms with Crippen LogP contribution in [-0.2, 0) is 4.79 Å². The number of nitrogens with zero attached hydrogens (tertiary/aromatic N) is 1. The second-order valence-corrected chi connectivity index (χ2v) is 6.35. The van der Waals surface area contributed by atoms with Crippen molar-refractivity contribution in [2.75, 3.05) is 12.4 Å². The molecule has 3 unspecified atom stereocenters. The number of fused-ring (bicyclic) bond motifs is 1. The molecule has 2 N–H and O–H groups in total. The van der Waals surface area contributed by atoms with Crippen molar-refractivity contribution >= 4 is 40.1 Å². The summed E-state index contributed by atoms with van der Waals surface area (Å²) in [5.74, 6) is 1.14. The third kappa shape index (κ3) is 2.92. The molecule has 3 rings (SSSR count). The zero-order chi connectivity index (χ0) is 13.6. The molecule has 2 aliphatic rings. The van der Waals surface area contributed by atoms with E-state index in [0.717, 1.165) is 6.42 Å². The summed E-state index contributed by atoms with van der Waals surface area (Å²) in [6, 6.07) is 3.85. The number of aromatic nitrogens is 1. The van der Waals surface area contributed by atoms with Crippen molar-refractivity contribution in [3.63, 3.8) is 0 Å². The van der Waals surface area contributed by atoms with Gasteiger partial charge in [-0.25, -0.2) is 4.98 Å². The van der Waals surface area contributed by atoms with E-state index in [4.69, 9.17) is 4.74 Å². The Bertz CT molecular complexity index is 542. The lowest BCUT2D eigenvalue weighted by atomic mass is 10.0. The Hall–Kier alpha value is -0.850. The first-order chi connectivity index (χ1) is 9.00. The van der Waals surface area contributed by atoms with Gasteiger partial charge < -0.3 is 15.4 Å². The number of hydrogen-bond donors (Lipinski definition) is 2. The highest BCUT2D eigenvalue weighted by Gasteiger charge is 2.58. The van der Waals surface area contributed by atoms with Gasteiger partial charge in [0.05, 0.1) is 13.2 Å². The van der Waals surface area contributed by atoms with Gasteiger partial charge >= 0.3 is 0 Å². The van der Waals surface area contributed by atoms with Crippen LogP contribution in [0.25, 0.3) is 0 Å². The third-order valence-electron chi connectivity index (χ3n) is 4.00. The average molecular weight is 363 g/mol. The largest absolute Gasteiger partial charge is 0.497 e. The quantitative estimate of drug-likeness (QED) is 0.810. The molecule has 20 heavy (non-hydrogen) atoms. The highest BCUT2D eigenvalue weighted by molar-refractivity contribution is 9.10. The number of nitrogens with one attached hydrogen (secondary N) is 2. The monoisotopic (exact) mass is 361 g/mol. The van der Waals surface area contributed by atoms with Gasteiger partial charge in [-0.3, -0.25) is 4.79 Å². The summed E-state index contributed by atoms with van der Waals surface area (Å²) >= 11 is 3.29. The summed E-state index contributed by atoms with van der Waals surface area (Å²) in [6.45, 7) is 2.22. The van der Waals surface area contributed by atoms with Crippen LogP contribution in [0.4, 0.5) is 5.82 Å². The van der Waals surface area contributed by atoms with Crippen molar-refractivity contribution in [2.45, 2.75) is 31.8 Å². The summed E-state index contributed by atoms with van der Waals surface area (Å²) in [7, 11) is 1.58. The van der Waals surface area contributed by atoms with Crippen LogP contribution in [0, 0.1) is 5.41 Å². The number of hydrogen-bond acceptors (Lipinski definition) is 4. The van der Waals surface area contributed by atoms with E-state index >= 15 is 0 Å². The second-order valence-electron chi connectivity index (χ2n) is 5.54. The normalized spacial score (nSPS) is 30.1. The molecule has 5 nitrogen and oxygen atoms in total. The Morgan fingerprint density at radius 1 is 1.55 bits per heavy atom. The minimum Gasteiger partial charge on any atom is -0.497 e. The van der Waals surface area contributed by atoms with E-state index in [-0.39, 0.29) is 24.4 Å². The van der Waals surface area contributed by atoms with Crippen molar-refractivity contribution in [2.24, 2.45) is 5.41 Å². The number of methoxy groups -OCH3 is 1. The summed E-state index contributed by atoms with van der Waals surface area (Å²) in [6.07, 6.45) is 2.08. The van der Waals surface area contributed by atoms with Crippen LogP contribution >= 0.6 is 28.3 Å². The molecule has 1 aromatic heterocycles. The molecular weight excluding hydrogens is 346 g/mol. The molecule has 0 bridgehead atoms. The molecule has 1 aromatic rings. The molecule has 0 aromatic carbocycles. The molecule has 3 atom stereocenters. The SMILES string of the molecule is COc1cc(Br)nc(NC(=O)C2CC3(C)CC3N2)c1.Cl. The van der Waals surface area contributed by atoms with Gasteiger partial charge in [0, 0.05) is 18.2 Å². The van der Waals surface area contributed by atoms with Gasteiger partial charge in [-0.05, 0) is 34.2 Å². The molecular formula is C13H17BrClN3O2. The van der Waals surface area contributed by atoms with E-state index in [2.05, 4.69) is 38.5 Å². The van der Waals surface area contributed by atoms with Crippen LogP contribution in [0.2, 0.25) is 0 Å². The van der Waals surface area contributed by atoms with E-state index in [1.807, 2.05) is 0 Å². The Morgan fingerprint density at radius 2 is 2.30 bits per heavy atom. The van der Waals surface area contributed by atoms with Crippen LogP contribution in [0.5, 0.6) is 5.75 Å². The summed E-state index contributed by atoms with van der Waals surface area (Å²) in [5, 5.41) is 6.18. The lowest BCUT2D eigenvalue weighted by molar-refractivity contribution is -0.118. The van der Waals surface area contributed by atoms with Crippen molar-refractivity contribution in [3.05, 3.63) is 16.7 Å². The van der Waals surface area contributed by atoms with E-state index in [1.165, 1.54) is 6.42 Å². The van der Waals surface area contributed by atoms with Crippen molar-refractivity contribution in [1.29, 1.82) is 0 Å². The highest BCUT2D eigenvalue weighted by atomic mass is 79.9. The van der Waals surface area contributed by atoms with Crippen LogP contribution in [0.1, 0.15) is 19.8 Å². The van der Waals surface area contributed by atoms with Gasteiger partial charge in [0.25, 0.3) is 0 Å². The maximum Gasteiger partial charge on any atom is 0.242 e. The van der Waals surface area contributed by atoms with Crippen LogP contribution in [0.15, 0.2) is 16.7 Å². The van der Waals surface area contributed by atoms with Crippen molar-refractivity contribution in [3.8, 4) is 5.75 Å². The third-order valence-corrected chi connectivity index (χ3v) is 4.40. The molecule has 1 aliphatic carbocycles. The number of pyridine rings is 1. The first-order valence-corrected chi connectivity index (χ1v) is 7.08. The Morgan fingerprint density at radius 3 is 2.90 bits per heavy atom. The number of amides is 1. The van der Waals surface area contributed by atoms with Crippen molar-refractivity contribution < 1.29 is 9.53 Å². The van der Waals surface area contributed by atoms with Crippen LogP contribution < -0.4 is 15.4 Å². The standard InChI is InChI=1S/C13H16BrN3O2.ClH/c1-13-5-8(15-9(13)6-13)12(18)17-11-4-7(19-2)3-10(14)16-11;/h3-4,8-9,15H,5-6H2,1-2H3,(H,16,17,18);1H. The maximum absolute atomic E-state index is 12.2. The van der Waals surface area contributed by atoms with Crippen molar-refractivity contribution in [1.82, 2.24) is 10.3 Å². The maximum atomic E-state index is 12.2. The Balaban J connectivity index is 0.00000147. The lowest BCUT2D eigenvalue weighted by Gasteiger charge is -2.14. The first kappa shape index (κ1) is 15.5. The van der Waals surface area contributed by atoms with Crippen LogP contribution in [0.3, 0.4) is 0 Å². The van der Waals surface area contributed by atoms with Gasteiger partial charge in [-0.1, -0.05) is 6.92 Å². The fourth-order valence-electron chi connectivity index (χ4n) is 2.70. The predicted octanol–water partition coefficient (Wildman–Crippen LogP) is 2.35. The van der Waals surface area contributed by atoms with E-state index in [1.54, 1.807) is 19.2 Å². The number of carbonyl (C=O) groups excluding carboxylic acids is 1. The van der Waals surface area contributed by atoms with Gasteiger partial charge in [0.1, 0.15) is 16.2 Å². The van der Waals surface area contributed by atoms with Gasteiger partial charge in [-0.15, -0.1) is 12.4 Å². The summed E-state index contributed by atoms with van der Waals surface area (Å²) in [4.78, 5) is 16.4. The number of anilines is 1. The van der Waals surface area contributed by atoms with Crippen LogP contribution in [-0.4, -0.2) is 30.1 Å². The zero-order valence-electron chi connectivity index (χ0n) is 11.3. The molecule has 2 heterocycles. The average Bonchev–Trinajstić information content (AvgIpc) is 2.86. The van der Waals surface area contributed by atoms with Gasteiger partial charge in [-0.2, -0.15) is 0 Å². The Kier molecular flexibility index (Phi) is 4.27. The minimum absolute atomic E-state index is 0. The highest BCUT2D eigenvalue weighted by Crippen LogP contribution is 2.53. The van der Waals surface area contributed by atoms with E-state index in [0.29, 0.717) is 27.6 Å². The second kappa shape index (κ2) is 5.50. The predicted molar refractivity (Wildman–Crippen MR) is 82.4 cm³/mol. The van der Waals surface area contributed by atoms with E-state index in [9.17, 15) is 4.79 Å².